The average molecular weight is 196 g/mol. The van der Waals surface area contributed by atoms with Gasteiger partial charge in [0.2, 0.25) is 0 Å². The van der Waals surface area contributed by atoms with E-state index in [1.54, 1.807) is 6.92 Å². The molecule has 3 N–H and O–H groups in total. The lowest BCUT2D eigenvalue weighted by atomic mass is 10.4. The minimum atomic E-state index is -0.488. The summed E-state index contributed by atoms with van der Waals surface area (Å²) < 4.78 is 4.66. The van der Waals surface area contributed by atoms with Crippen molar-refractivity contribution >= 4 is 11.9 Å². The molecule has 0 aliphatic carbocycles. The molecule has 0 atom stereocenters. The van der Waals surface area contributed by atoms with E-state index in [1.807, 2.05) is 0 Å². The lowest BCUT2D eigenvalue weighted by molar-refractivity contribution is 0.151. The molecule has 1 amide bonds. The maximum absolute atomic E-state index is 10.9. The maximum atomic E-state index is 10.9. The predicted molar refractivity (Wildman–Crippen MR) is 50.3 cm³/mol. The number of nitrogens with two attached hydrogens (primary N) is 1. The molecular formula is C8H12N4O2. The highest BCUT2D eigenvalue weighted by Gasteiger charge is 2.04. The number of aromatic nitrogens is 2. The molecule has 0 aliphatic heterocycles. The van der Waals surface area contributed by atoms with E-state index in [2.05, 4.69) is 20.0 Å². The van der Waals surface area contributed by atoms with Crippen LogP contribution in [-0.4, -0.2) is 22.7 Å². The number of hydrogen-bond donors (Lipinski definition) is 2. The highest BCUT2D eigenvalue weighted by atomic mass is 16.5. The van der Waals surface area contributed by atoms with Crippen LogP contribution in [-0.2, 0) is 11.3 Å². The maximum Gasteiger partial charge on any atom is 0.407 e. The second-order valence-electron chi connectivity index (χ2n) is 2.46. The van der Waals surface area contributed by atoms with Crippen molar-refractivity contribution in [2.45, 2.75) is 13.5 Å². The number of nitrogen functional groups attached to an aromatic ring is 1. The van der Waals surface area contributed by atoms with Crippen molar-refractivity contribution in [3.63, 3.8) is 0 Å². The lowest BCUT2D eigenvalue weighted by Crippen LogP contribution is -2.24. The fourth-order valence-electron chi connectivity index (χ4n) is 0.852. The quantitative estimate of drug-likeness (QED) is 0.725. The van der Waals surface area contributed by atoms with Gasteiger partial charge in [0.1, 0.15) is 11.5 Å². The molecule has 0 saturated carbocycles. The van der Waals surface area contributed by atoms with Gasteiger partial charge in [0.15, 0.2) is 0 Å². The molecule has 1 aromatic heterocycles. The van der Waals surface area contributed by atoms with Gasteiger partial charge in [-0.3, -0.25) is 4.98 Å². The summed E-state index contributed by atoms with van der Waals surface area (Å²) in [7, 11) is 0. The summed E-state index contributed by atoms with van der Waals surface area (Å²) in [6, 6.07) is 0. The van der Waals surface area contributed by atoms with Crippen LogP contribution >= 0.6 is 0 Å². The van der Waals surface area contributed by atoms with Gasteiger partial charge in [0, 0.05) is 12.4 Å². The van der Waals surface area contributed by atoms with Crippen molar-refractivity contribution in [3.05, 3.63) is 18.1 Å². The van der Waals surface area contributed by atoms with Crippen LogP contribution in [0.1, 0.15) is 12.6 Å². The molecule has 6 heteroatoms. The van der Waals surface area contributed by atoms with Crippen molar-refractivity contribution in [1.29, 1.82) is 0 Å². The van der Waals surface area contributed by atoms with Crippen LogP contribution in [0.5, 0.6) is 0 Å². The molecule has 0 spiro atoms. The normalized spacial score (nSPS) is 9.50. The van der Waals surface area contributed by atoms with Crippen molar-refractivity contribution in [2.75, 3.05) is 12.3 Å². The number of carbonyl (C=O) groups is 1. The Kier molecular flexibility index (Phi) is 3.66. The summed E-state index contributed by atoms with van der Waals surface area (Å²) in [6.45, 7) is 2.29. The summed E-state index contributed by atoms with van der Waals surface area (Å²) >= 11 is 0. The number of nitrogens with zero attached hydrogens (tertiary/aromatic N) is 2. The zero-order valence-corrected chi connectivity index (χ0v) is 7.86. The standard InChI is InChI=1S/C8H12N4O2/c1-2-14-8(13)12-5-6-7(9)11-4-3-10-6/h3-4H,2,5H2,1H3,(H2,9,11)(H,12,13). The first kappa shape index (κ1) is 10.2. The monoisotopic (exact) mass is 196 g/mol. The number of ether oxygens (including phenoxy) is 1. The summed E-state index contributed by atoms with van der Waals surface area (Å²) in [5, 5.41) is 2.50. The molecule has 0 fully saturated rings. The zero-order chi connectivity index (χ0) is 10.4. The van der Waals surface area contributed by atoms with Gasteiger partial charge >= 0.3 is 6.09 Å². The molecule has 76 valence electrons. The van der Waals surface area contributed by atoms with Gasteiger partial charge in [-0.05, 0) is 6.92 Å². The van der Waals surface area contributed by atoms with E-state index in [9.17, 15) is 4.79 Å². The molecule has 0 unspecified atom stereocenters. The fraction of sp³-hybridized carbons (Fsp3) is 0.375. The van der Waals surface area contributed by atoms with Crippen molar-refractivity contribution in [1.82, 2.24) is 15.3 Å². The smallest absolute Gasteiger partial charge is 0.407 e. The summed E-state index contributed by atoms with van der Waals surface area (Å²) in [5.41, 5.74) is 6.04. The zero-order valence-electron chi connectivity index (χ0n) is 7.86. The van der Waals surface area contributed by atoms with Gasteiger partial charge in [-0.25, -0.2) is 9.78 Å². The molecule has 6 nitrogen and oxygen atoms in total. The Morgan fingerprint density at radius 2 is 2.29 bits per heavy atom. The van der Waals surface area contributed by atoms with Crippen molar-refractivity contribution in [2.24, 2.45) is 0 Å². The molecule has 0 bridgehead atoms. The number of alkyl carbamates (subject to hydrolysis) is 1. The van der Waals surface area contributed by atoms with Gasteiger partial charge in [0.25, 0.3) is 0 Å². The topological polar surface area (TPSA) is 90.1 Å². The molecule has 1 heterocycles. The van der Waals surface area contributed by atoms with Gasteiger partial charge in [-0.15, -0.1) is 0 Å². The number of rotatable bonds is 3. The van der Waals surface area contributed by atoms with E-state index in [0.717, 1.165) is 0 Å². The Labute approximate surface area is 81.5 Å². The minimum Gasteiger partial charge on any atom is -0.450 e. The van der Waals surface area contributed by atoms with E-state index in [-0.39, 0.29) is 6.54 Å². The third-order valence-electron chi connectivity index (χ3n) is 1.48. The third kappa shape index (κ3) is 2.89. The van der Waals surface area contributed by atoms with Crippen molar-refractivity contribution < 1.29 is 9.53 Å². The second kappa shape index (κ2) is 5.00. The van der Waals surface area contributed by atoms with Gasteiger partial charge in [-0.2, -0.15) is 0 Å². The van der Waals surface area contributed by atoms with E-state index >= 15 is 0 Å². The Morgan fingerprint density at radius 3 is 2.93 bits per heavy atom. The van der Waals surface area contributed by atoms with Crippen LogP contribution in [0.25, 0.3) is 0 Å². The summed E-state index contributed by atoms with van der Waals surface area (Å²) in [5.74, 6) is 0.310. The SMILES string of the molecule is CCOC(=O)NCc1nccnc1N. The number of hydrogen-bond acceptors (Lipinski definition) is 5. The van der Waals surface area contributed by atoms with Crippen LogP contribution < -0.4 is 11.1 Å². The van der Waals surface area contributed by atoms with E-state index < -0.39 is 6.09 Å². The van der Waals surface area contributed by atoms with Crippen LogP contribution in [0.15, 0.2) is 12.4 Å². The largest absolute Gasteiger partial charge is 0.450 e. The number of anilines is 1. The number of nitrogens with one attached hydrogen (secondary N) is 1. The molecule has 0 radical (unpaired) electrons. The average Bonchev–Trinajstić information content (AvgIpc) is 2.17. The first-order valence-electron chi connectivity index (χ1n) is 4.20. The highest BCUT2D eigenvalue weighted by Crippen LogP contribution is 2.01. The molecule has 0 aromatic carbocycles. The van der Waals surface area contributed by atoms with Crippen molar-refractivity contribution in [3.8, 4) is 0 Å². The molecule has 0 aliphatic rings. The number of amides is 1. The van der Waals surface area contributed by atoms with E-state index in [0.29, 0.717) is 18.1 Å². The predicted octanol–water partition coefficient (Wildman–Crippen LogP) is 0.305. The highest BCUT2D eigenvalue weighted by molar-refractivity contribution is 5.67. The fourth-order valence-corrected chi connectivity index (χ4v) is 0.852. The van der Waals surface area contributed by atoms with Crippen LogP contribution in [0, 0.1) is 0 Å². The first-order valence-corrected chi connectivity index (χ1v) is 4.20. The van der Waals surface area contributed by atoms with Crippen LogP contribution in [0.2, 0.25) is 0 Å². The van der Waals surface area contributed by atoms with Gasteiger partial charge in [0.05, 0.1) is 13.2 Å². The Morgan fingerprint density at radius 1 is 1.57 bits per heavy atom. The Hall–Kier alpha value is -1.85. The van der Waals surface area contributed by atoms with E-state index in [4.69, 9.17) is 5.73 Å². The first-order chi connectivity index (χ1) is 6.74. The molecule has 14 heavy (non-hydrogen) atoms. The summed E-state index contributed by atoms with van der Waals surface area (Å²) in [4.78, 5) is 18.7. The van der Waals surface area contributed by atoms with Crippen LogP contribution in [0.4, 0.5) is 10.6 Å². The minimum absolute atomic E-state index is 0.221. The third-order valence-corrected chi connectivity index (χ3v) is 1.48. The second-order valence-corrected chi connectivity index (χ2v) is 2.46. The summed E-state index contributed by atoms with van der Waals surface area (Å²) in [6.07, 6.45) is 2.51. The molecule has 1 aromatic rings. The van der Waals surface area contributed by atoms with Gasteiger partial charge < -0.3 is 15.8 Å². The number of carbonyl (C=O) groups excluding carboxylic acids is 1. The van der Waals surface area contributed by atoms with Crippen LogP contribution in [0.3, 0.4) is 0 Å². The Bertz CT molecular complexity index is 316. The lowest BCUT2D eigenvalue weighted by Gasteiger charge is -2.05. The van der Waals surface area contributed by atoms with E-state index in [1.165, 1.54) is 12.4 Å². The Balaban J connectivity index is 2.46. The molecular weight excluding hydrogens is 184 g/mol. The molecule has 1 rings (SSSR count). The molecule has 0 saturated heterocycles. The van der Waals surface area contributed by atoms with Gasteiger partial charge in [-0.1, -0.05) is 0 Å².